The fourth-order valence-electron chi connectivity index (χ4n) is 1.44. The largest absolute Gasteiger partial charge is 0.324 e. The van der Waals surface area contributed by atoms with Gasteiger partial charge in [0.1, 0.15) is 0 Å². The maximum Gasteiger partial charge on any atom is 0.324 e. The molecule has 0 aliphatic heterocycles. The molecule has 0 saturated heterocycles. The van der Waals surface area contributed by atoms with Gasteiger partial charge in [0.25, 0.3) is 0 Å². The van der Waals surface area contributed by atoms with E-state index in [1.165, 1.54) is 7.05 Å². The first kappa shape index (κ1) is 18.7. The third kappa shape index (κ3) is 3.85. The van der Waals surface area contributed by atoms with E-state index in [0.29, 0.717) is 6.54 Å². The molecule has 0 aliphatic rings. The second-order valence-electron chi connectivity index (χ2n) is 3.77. The van der Waals surface area contributed by atoms with Crippen LogP contribution in [0.3, 0.4) is 0 Å². The predicted octanol–water partition coefficient (Wildman–Crippen LogP) is 0.996. The van der Waals surface area contributed by atoms with Crippen molar-refractivity contribution in [1.29, 1.82) is 0 Å². The summed E-state index contributed by atoms with van der Waals surface area (Å²) in [7, 11) is -1.17. The number of para-hydroxylation sites is 1. The van der Waals surface area contributed by atoms with Crippen molar-refractivity contribution in [2.45, 2.75) is 4.90 Å². The Balaban J connectivity index is 0.00000361. The highest BCUT2D eigenvalue weighted by Crippen LogP contribution is 2.28. The van der Waals surface area contributed by atoms with E-state index in [4.69, 9.17) is 0 Å². The Morgan fingerprint density at radius 2 is 2.05 bits per heavy atom. The van der Waals surface area contributed by atoms with Crippen molar-refractivity contribution in [2.24, 2.45) is 0 Å². The van der Waals surface area contributed by atoms with Gasteiger partial charge in [-0.3, -0.25) is 10.1 Å². The minimum atomic E-state index is -4.10. The number of hydrogen-bond donors (Lipinski definition) is 1. The third-order valence-electron chi connectivity index (χ3n) is 2.50. The van der Waals surface area contributed by atoms with Crippen molar-refractivity contribution in [1.82, 2.24) is 9.62 Å². The number of nitro groups is 1. The van der Waals surface area contributed by atoms with Crippen molar-refractivity contribution in [3.8, 4) is 0 Å². The second-order valence-corrected chi connectivity index (χ2v) is 5.79. The van der Waals surface area contributed by atoms with Crippen LogP contribution >= 0.6 is 12.4 Å². The predicted molar refractivity (Wildman–Crippen MR) is 74.0 cm³/mol. The van der Waals surface area contributed by atoms with Crippen molar-refractivity contribution < 1.29 is 17.7 Å². The summed E-state index contributed by atoms with van der Waals surface area (Å²) < 4.78 is 38.6. The molecule has 0 atom stereocenters. The molecule has 0 amide bonds. The summed E-state index contributed by atoms with van der Waals surface area (Å²) in [4.78, 5) is 9.12. The highest BCUT2D eigenvalue weighted by molar-refractivity contribution is 7.89. The zero-order chi connectivity index (χ0) is 14.6. The van der Waals surface area contributed by atoms with Crippen molar-refractivity contribution in [2.75, 3.05) is 27.2 Å². The Bertz CT molecular complexity index is 582. The van der Waals surface area contributed by atoms with Crippen molar-refractivity contribution in [3.63, 3.8) is 0 Å². The quantitative estimate of drug-likeness (QED) is 0.621. The standard InChI is InChI=1S/C10H14FN3O4S.ClH/c1-12-6-7-13(2)19(17,18)9-5-3-4-8(11)10(9)14(15)16;/h3-5,12H,6-7H2,1-2H3;1H. The van der Waals surface area contributed by atoms with Gasteiger partial charge in [-0.2, -0.15) is 8.70 Å². The summed E-state index contributed by atoms with van der Waals surface area (Å²) >= 11 is 0. The lowest BCUT2D eigenvalue weighted by Crippen LogP contribution is -2.33. The lowest BCUT2D eigenvalue weighted by Gasteiger charge is -2.16. The average molecular weight is 328 g/mol. The van der Waals surface area contributed by atoms with Crippen molar-refractivity contribution >= 4 is 28.1 Å². The molecular formula is C10H15ClFN3O4S. The van der Waals surface area contributed by atoms with Gasteiger partial charge in [-0.25, -0.2) is 8.42 Å². The first-order valence-electron chi connectivity index (χ1n) is 5.36. The van der Waals surface area contributed by atoms with E-state index in [1.54, 1.807) is 7.05 Å². The monoisotopic (exact) mass is 327 g/mol. The molecule has 0 unspecified atom stereocenters. The number of benzene rings is 1. The summed E-state index contributed by atoms with van der Waals surface area (Å²) in [6.45, 7) is 0.491. The van der Waals surface area contributed by atoms with Gasteiger partial charge in [-0.1, -0.05) is 6.07 Å². The van der Waals surface area contributed by atoms with Gasteiger partial charge in [0.15, 0.2) is 4.90 Å². The van der Waals surface area contributed by atoms with E-state index in [2.05, 4.69) is 5.32 Å². The Kier molecular flexibility index (Phi) is 7.00. The van der Waals surface area contributed by atoms with Crippen LogP contribution in [-0.2, 0) is 10.0 Å². The number of nitro benzene ring substituents is 1. The lowest BCUT2D eigenvalue weighted by molar-refractivity contribution is -0.390. The van der Waals surface area contributed by atoms with E-state index in [0.717, 1.165) is 22.5 Å². The summed E-state index contributed by atoms with van der Waals surface area (Å²) in [6.07, 6.45) is 0. The molecule has 0 fully saturated rings. The Morgan fingerprint density at radius 3 is 2.55 bits per heavy atom. The summed E-state index contributed by atoms with van der Waals surface area (Å²) in [5.41, 5.74) is -1.03. The molecule has 1 aromatic rings. The zero-order valence-electron chi connectivity index (χ0n) is 10.9. The molecule has 0 saturated carbocycles. The molecule has 10 heteroatoms. The molecule has 0 spiro atoms. The molecule has 7 nitrogen and oxygen atoms in total. The van der Waals surface area contributed by atoms with Gasteiger partial charge >= 0.3 is 5.69 Å². The van der Waals surface area contributed by atoms with Crippen LogP contribution in [0.5, 0.6) is 0 Å². The van der Waals surface area contributed by atoms with Crippen LogP contribution in [0.1, 0.15) is 0 Å². The number of likely N-dealkylation sites (N-methyl/N-ethyl adjacent to an activating group) is 2. The van der Waals surface area contributed by atoms with Gasteiger partial charge in [0.05, 0.1) is 4.92 Å². The highest BCUT2D eigenvalue weighted by atomic mass is 35.5. The van der Waals surface area contributed by atoms with E-state index in [1.807, 2.05) is 0 Å². The maximum atomic E-state index is 13.4. The first-order valence-corrected chi connectivity index (χ1v) is 6.80. The van der Waals surface area contributed by atoms with Crippen LogP contribution in [0.25, 0.3) is 0 Å². The SMILES string of the molecule is CNCCN(C)S(=O)(=O)c1cccc(F)c1[N+](=O)[O-].Cl. The zero-order valence-corrected chi connectivity index (χ0v) is 12.5. The molecule has 1 N–H and O–H groups in total. The second kappa shape index (κ2) is 7.48. The molecule has 0 aromatic heterocycles. The number of nitrogens with one attached hydrogen (secondary N) is 1. The van der Waals surface area contributed by atoms with E-state index in [-0.39, 0.29) is 19.0 Å². The lowest BCUT2D eigenvalue weighted by atomic mass is 10.3. The Labute approximate surface area is 122 Å². The minimum Gasteiger partial charge on any atom is -0.318 e. The van der Waals surface area contributed by atoms with Gasteiger partial charge in [-0.15, -0.1) is 12.4 Å². The van der Waals surface area contributed by atoms with Crippen LogP contribution < -0.4 is 5.32 Å². The normalized spacial score (nSPS) is 11.2. The average Bonchev–Trinajstić information content (AvgIpc) is 2.34. The number of nitrogens with zero attached hydrogens (tertiary/aromatic N) is 2. The number of rotatable bonds is 6. The van der Waals surface area contributed by atoms with Crippen LogP contribution in [0.4, 0.5) is 10.1 Å². The first-order chi connectivity index (χ1) is 8.82. The molecule has 0 aliphatic carbocycles. The van der Waals surface area contributed by atoms with E-state index in [9.17, 15) is 22.9 Å². The van der Waals surface area contributed by atoms with Gasteiger partial charge in [0, 0.05) is 20.1 Å². The van der Waals surface area contributed by atoms with E-state index >= 15 is 0 Å². The summed E-state index contributed by atoms with van der Waals surface area (Å²) in [6, 6.07) is 3.00. The molecule has 20 heavy (non-hydrogen) atoms. The Hall–Kier alpha value is -1.29. The van der Waals surface area contributed by atoms with Gasteiger partial charge in [-0.05, 0) is 19.2 Å². The topological polar surface area (TPSA) is 92.6 Å². The maximum absolute atomic E-state index is 13.4. The third-order valence-corrected chi connectivity index (χ3v) is 4.39. The van der Waals surface area contributed by atoms with Crippen LogP contribution in [0.15, 0.2) is 23.1 Å². The van der Waals surface area contributed by atoms with E-state index < -0.39 is 31.3 Å². The highest BCUT2D eigenvalue weighted by Gasteiger charge is 2.31. The van der Waals surface area contributed by atoms with Crippen LogP contribution in [0.2, 0.25) is 0 Å². The molecule has 0 bridgehead atoms. The van der Waals surface area contributed by atoms with Crippen LogP contribution in [0, 0.1) is 15.9 Å². The minimum absolute atomic E-state index is 0. The van der Waals surface area contributed by atoms with Crippen molar-refractivity contribution in [3.05, 3.63) is 34.1 Å². The molecule has 114 valence electrons. The summed E-state index contributed by atoms with van der Waals surface area (Å²) in [5, 5.41) is 13.6. The smallest absolute Gasteiger partial charge is 0.318 e. The molecule has 0 heterocycles. The molecule has 1 rings (SSSR count). The molecule has 1 aromatic carbocycles. The van der Waals surface area contributed by atoms with Gasteiger partial charge < -0.3 is 5.32 Å². The number of sulfonamides is 1. The summed E-state index contributed by atoms with van der Waals surface area (Å²) in [5.74, 6) is -1.17. The molecular weight excluding hydrogens is 313 g/mol. The number of halogens is 2. The van der Waals surface area contributed by atoms with Crippen LogP contribution in [-0.4, -0.2) is 44.8 Å². The number of hydrogen-bond acceptors (Lipinski definition) is 5. The molecule has 0 radical (unpaired) electrons. The fraction of sp³-hybridized carbons (Fsp3) is 0.400. The Morgan fingerprint density at radius 1 is 1.45 bits per heavy atom. The fourth-order valence-corrected chi connectivity index (χ4v) is 2.77. The van der Waals surface area contributed by atoms with Gasteiger partial charge in [0.2, 0.25) is 15.8 Å².